The largest absolute Gasteiger partial charge is 0.488 e. The van der Waals surface area contributed by atoms with E-state index < -0.39 is 11.2 Å². The summed E-state index contributed by atoms with van der Waals surface area (Å²) < 4.78 is 12.3. The average Bonchev–Trinajstić information content (AvgIpc) is 3.34. The smallest absolute Gasteiger partial charge is 0.258 e. The van der Waals surface area contributed by atoms with Crippen LogP contribution in [0.15, 0.2) is 72.8 Å². The van der Waals surface area contributed by atoms with E-state index in [1.54, 1.807) is 36.4 Å². The number of hydrogen-bond donors (Lipinski definition) is 0. The second-order valence-corrected chi connectivity index (χ2v) is 9.70. The molecule has 4 rings (SSSR count). The van der Waals surface area contributed by atoms with Gasteiger partial charge in [-0.15, -0.1) is 0 Å². The van der Waals surface area contributed by atoms with Crippen molar-refractivity contribution in [1.29, 1.82) is 0 Å². The van der Waals surface area contributed by atoms with Crippen LogP contribution in [-0.2, 0) is 29.5 Å². The van der Waals surface area contributed by atoms with Gasteiger partial charge in [0.15, 0.2) is 0 Å². The molecule has 2 aliphatic heterocycles. The van der Waals surface area contributed by atoms with Crippen LogP contribution in [0, 0.1) is 0 Å². The molecule has 0 saturated carbocycles. The van der Waals surface area contributed by atoms with E-state index in [1.807, 2.05) is 39.8 Å². The van der Waals surface area contributed by atoms with Gasteiger partial charge in [0.25, 0.3) is 23.6 Å². The summed E-state index contributed by atoms with van der Waals surface area (Å²) in [7, 11) is 0. The molecule has 0 radical (unpaired) electrons. The molecular formula is C28H28N2O6. The highest BCUT2D eigenvalue weighted by molar-refractivity contribution is 6.28. The highest BCUT2D eigenvalue weighted by atomic mass is 16.5. The van der Waals surface area contributed by atoms with Crippen molar-refractivity contribution in [1.82, 2.24) is 0 Å². The molecule has 4 amide bonds. The number of imide groups is 2. The fourth-order valence-electron chi connectivity index (χ4n) is 3.99. The highest BCUT2D eigenvalue weighted by Crippen LogP contribution is 2.30. The van der Waals surface area contributed by atoms with Gasteiger partial charge in [-0.3, -0.25) is 19.2 Å². The molecule has 0 spiro atoms. The number of nitrogens with zero attached hydrogens (tertiary/aromatic N) is 2. The molecule has 2 aliphatic rings. The number of ether oxygens (including phenoxy) is 2. The van der Waals surface area contributed by atoms with Gasteiger partial charge in [0.2, 0.25) is 0 Å². The van der Waals surface area contributed by atoms with Crippen LogP contribution in [0.2, 0.25) is 0 Å². The van der Waals surface area contributed by atoms with Gasteiger partial charge in [-0.2, -0.15) is 0 Å². The number of benzene rings is 2. The first-order valence-electron chi connectivity index (χ1n) is 11.6. The van der Waals surface area contributed by atoms with Crippen molar-refractivity contribution in [2.75, 3.05) is 16.4 Å². The Morgan fingerprint density at radius 3 is 1.50 bits per heavy atom. The Morgan fingerprint density at radius 1 is 0.639 bits per heavy atom. The third-order valence-corrected chi connectivity index (χ3v) is 6.10. The third kappa shape index (κ3) is 5.28. The summed E-state index contributed by atoms with van der Waals surface area (Å²) in [6.07, 6.45) is 5.62. The van der Waals surface area contributed by atoms with Crippen LogP contribution in [0.25, 0.3) is 0 Å². The molecule has 0 bridgehead atoms. The maximum absolute atomic E-state index is 11.9. The van der Waals surface area contributed by atoms with Gasteiger partial charge < -0.3 is 9.47 Å². The molecule has 0 atom stereocenters. The minimum atomic E-state index is -0.601. The summed E-state index contributed by atoms with van der Waals surface area (Å²) in [5.74, 6) is -0.812. The maximum atomic E-state index is 11.9. The molecule has 0 aromatic heterocycles. The third-order valence-electron chi connectivity index (χ3n) is 6.10. The SMILES string of the molecule is CC(C)(CCOC(C)(C)c1ccc(N2C(=O)C=CC2=O)cc1)Oc1ccc(N2C(=O)C=CC2=O)cc1. The van der Waals surface area contributed by atoms with E-state index in [0.29, 0.717) is 30.2 Å². The summed E-state index contributed by atoms with van der Waals surface area (Å²) in [6, 6.07) is 14.0. The second kappa shape index (κ2) is 9.54. The molecular weight excluding hydrogens is 460 g/mol. The lowest BCUT2D eigenvalue weighted by Gasteiger charge is -2.31. The molecule has 2 aromatic carbocycles. The number of carbonyl (C=O) groups excluding carboxylic acids is 4. The number of carbonyl (C=O) groups is 4. The summed E-state index contributed by atoms with van der Waals surface area (Å²) in [4.78, 5) is 49.7. The summed E-state index contributed by atoms with van der Waals surface area (Å²) in [6.45, 7) is 8.26. The monoisotopic (exact) mass is 488 g/mol. The molecule has 186 valence electrons. The Labute approximate surface area is 209 Å². The van der Waals surface area contributed by atoms with Gasteiger partial charge in [-0.1, -0.05) is 12.1 Å². The highest BCUT2D eigenvalue weighted by Gasteiger charge is 2.28. The topological polar surface area (TPSA) is 93.2 Å². The van der Waals surface area contributed by atoms with E-state index in [4.69, 9.17) is 9.47 Å². The summed E-state index contributed by atoms with van der Waals surface area (Å²) in [5, 5.41) is 0. The molecule has 0 aliphatic carbocycles. The molecule has 8 nitrogen and oxygen atoms in total. The summed E-state index contributed by atoms with van der Waals surface area (Å²) >= 11 is 0. The van der Waals surface area contributed by atoms with Crippen LogP contribution in [0.4, 0.5) is 11.4 Å². The Morgan fingerprint density at radius 2 is 1.06 bits per heavy atom. The lowest BCUT2D eigenvalue weighted by atomic mass is 9.97. The second-order valence-electron chi connectivity index (χ2n) is 9.70. The van der Waals surface area contributed by atoms with Gasteiger partial charge in [-0.25, -0.2) is 9.80 Å². The van der Waals surface area contributed by atoms with Crippen LogP contribution in [0.5, 0.6) is 5.75 Å². The normalized spacial score (nSPS) is 16.0. The van der Waals surface area contributed by atoms with Crippen molar-refractivity contribution in [3.63, 3.8) is 0 Å². The van der Waals surface area contributed by atoms with E-state index in [9.17, 15) is 19.2 Å². The lowest BCUT2D eigenvalue weighted by molar-refractivity contribution is -0.121. The first kappa shape index (κ1) is 25.1. The number of amides is 4. The maximum Gasteiger partial charge on any atom is 0.258 e. The van der Waals surface area contributed by atoms with Crippen LogP contribution < -0.4 is 14.5 Å². The van der Waals surface area contributed by atoms with Crippen LogP contribution in [-0.4, -0.2) is 35.8 Å². The minimum absolute atomic E-state index is 0.352. The van der Waals surface area contributed by atoms with Crippen LogP contribution in [0.1, 0.15) is 39.7 Å². The van der Waals surface area contributed by atoms with E-state index >= 15 is 0 Å². The molecule has 36 heavy (non-hydrogen) atoms. The Balaban J connectivity index is 1.31. The van der Waals surface area contributed by atoms with Gasteiger partial charge in [0.1, 0.15) is 11.4 Å². The van der Waals surface area contributed by atoms with E-state index in [2.05, 4.69) is 0 Å². The minimum Gasteiger partial charge on any atom is -0.488 e. The first-order chi connectivity index (χ1) is 17.0. The van der Waals surface area contributed by atoms with E-state index in [0.717, 1.165) is 15.4 Å². The standard InChI is InChI=1S/C28H28N2O6/c1-27(2,36-22-11-9-21(10-12-22)30-25(33)15-16-26(30)34)17-18-35-28(3,4)19-5-7-20(8-6-19)29-23(31)13-14-24(29)32/h5-16H,17-18H2,1-4H3. The van der Waals surface area contributed by atoms with Crippen LogP contribution in [0.3, 0.4) is 0 Å². The van der Waals surface area contributed by atoms with E-state index in [1.165, 1.54) is 24.3 Å². The van der Waals surface area contributed by atoms with Gasteiger partial charge in [0, 0.05) is 30.7 Å². The fourth-order valence-corrected chi connectivity index (χ4v) is 3.99. The zero-order valence-electron chi connectivity index (χ0n) is 20.7. The Bertz CT molecular complexity index is 1220. The van der Waals surface area contributed by atoms with Crippen molar-refractivity contribution in [2.24, 2.45) is 0 Å². The zero-order chi connectivity index (χ0) is 26.1. The number of anilines is 2. The average molecular weight is 489 g/mol. The molecule has 2 aromatic rings. The van der Waals surface area contributed by atoms with Gasteiger partial charge >= 0.3 is 0 Å². The van der Waals surface area contributed by atoms with Crippen molar-refractivity contribution in [3.05, 3.63) is 78.4 Å². The predicted octanol–water partition coefficient (Wildman–Crippen LogP) is 4.04. The zero-order valence-corrected chi connectivity index (χ0v) is 20.7. The number of rotatable bonds is 9. The Kier molecular flexibility index (Phi) is 6.65. The fraction of sp³-hybridized carbons (Fsp3) is 0.286. The van der Waals surface area contributed by atoms with Crippen molar-refractivity contribution >= 4 is 35.0 Å². The van der Waals surface area contributed by atoms with Crippen molar-refractivity contribution in [3.8, 4) is 5.75 Å². The van der Waals surface area contributed by atoms with Crippen LogP contribution >= 0.6 is 0 Å². The molecule has 0 saturated heterocycles. The number of hydrogen-bond acceptors (Lipinski definition) is 6. The van der Waals surface area contributed by atoms with E-state index in [-0.39, 0.29) is 23.6 Å². The molecule has 0 fully saturated rings. The molecule has 0 N–H and O–H groups in total. The summed E-state index contributed by atoms with van der Waals surface area (Å²) in [5.41, 5.74) is 0.784. The molecule has 8 heteroatoms. The molecule has 0 unspecified atom stereocenters. The van der Waals surface area contributed by atoms with Crippen molar-refractivity contribution in [2.45, 2.75) is 45.3 Å². The van der Waals surface area contributed by atoms with Gasteiger partial charge in [0.05, 0.1) is 23.6 Å². The molecule has 2 heterocycles. The lowest BCUT2D eigenvalue weighted by Crippen LogP contribution is -2.32. The van der Waals surface area contributed by atoms with Crippen molar-refractivity contribution < 1.29 is 28.7 Å². The first-order valence-corrected chi connectivity index (χ1v) is 11.6. The Hall–Kier alpha value is -4.04. The predicted molar refractivity (Wildman–Crippen MR) is 134 cm³/mol. The quantitative estimate of drug-likeness (QED) is 0.495. The van der Waals surface area contributed by atoms with Gasteiger partial charge in [-0.05, 0) is 69.7 Å².